The third-order valence-electron chi connectivity index (χ3n) is 9.14. The van der Waals surface area contributed by atoms with Crippen molar-refractivity contribution in [2.24, 2.45) is 17.8 Å². The first-order valence-corrected chi connectivity index (χ1v) is 13.8. The molecular weight excluding hydrogens is 477 g/mol. The SMILES string of the molecule is O=C(NCc1ccc(N2CCC(O)CC2)c(F)c1)Nc1ccc(C23CC4CC(CC(C4)C2)C3)cc1Cl. The number of aliphatic hydroxyl groups excluding tert-OH is 1. The van der Waals surface area contributed by atoms with Crippen molar-refractivity contribution < 1.29 is 14.3 Å². The molecule has 1 heterocycles. The van der Waals surface area contributed by atoms with E-state index < -0.39 is 0 Å². The predicted molar refractivity (Wildman–Crippen MR) is 141 cm³/mol. The van der Waals surface area contributed by atoms with E-state index in [0.29, 0.717) is 47.9 Å². The molecule has 0 aromatic heterocycles. The Bertz CT molecular complexity index is 1110. The highest BCUT2D eigenvalue weighted by Gasteiger charge is 2.51. The van der Waals surface area contributed by atoms with Crippen molar-refractivity contribution in [3.05, 3.63) is 58.4 Å². The molecule has 0 spiro atoms. The van der Waals surface area contributed by atoms with Crippen LogP contribution >= 0.6 is 11.6 Å². The van der Waals surface area contributed by atoms with E-state index in [-0.39, 0.29) is 29.9 Å². The number of rotatable bonds is 5. The number of benzene rings is 2. The zero-order chi connectivity index (χ0) is 24.9. The summed E-state index contributed by atoms with van der Waals surface area (Å²) in [4.78, 5) is 14.5. The number of anilines is 2. The monoisotopic (exact) mass is 511 g/mol. The second-order valence-corrected chi connectivity index (χ2v) is 12.1. The Morgan fingerprint density at radius 3 is 2.31 bits per heavy atom. The van der Waals surface area contributed by atoms with Gasteiger partial charge in [-0.15, -0.1) is 0 Å². The van der Waals surface area contributed by atoms with Crippen LogP contribution in [0.25, 0.3) is 0 Å². The largest absolute Gasteiger partial charge is 0.393 e. The van der Waals surface area contributed by atoms with Gasteiger partial charge in [0.05, 0.1) is 22.5 Å². The van der Waals surface area contributed by atoms with E-state index in [0.717, 1.165) is 17.8 Å². The van der Waals surface area contributed by atoms with Crippen molar-refractivity contribution >= 4 is 29.0 Å². The summed E-state index contributed by atoms with van der Waals surface area (Å²) in [6.07, 6.45) is 9.04. The lowest BCUT2D eigenvalue weighted by atomic mass is 9.48. The van der Waals surface area contributed by atoms with Crippen LogP contribution in [-0.4, -0.2) is 30.3 Å². The normalized spacial score (nSPS) is 29.4. The first kappa shape index (κ1) is 24.1. The number of aliphatic hydroxyl groups is 1. The van der Waals surface area contributed by atoms with Crippen LogP contribution in [0.15, 0.2) is 36.4 Å². The van der Waals surface area contributed by atoms with Crippen LogP contribution in [0.1, 0.15) is 62.5 Å². The van der Waals surface area contributed by atoms with Gasteiger partial charge in [-0.2, -0.15) is 0 Å². The number of amides is 2. The van der Waals surface area contributed by atoms with E-state index in [1.54, 1.807) is 6.07 Å². The van der Waals surface area contributed by atoms with Gasteiger partial charge < -0.3 is 20.6 Å². The summed E-state index contributed by atoms with van der Waals surface area (Å²) in [6, 6.07) is 10.8. The van der Waals surface area contributed by atoms with Crippen LogP contribution in [0.5, 0.6) is 0 Å². The van der Waals surface area contributed by atoms with Crippen molar-refractivity contribution in [2.45, 2.75) is 69.4 Å². The molecule has 1 aliphatic heterocycles. The van der Waals surface area contributed by atoms with Gasteiger partial charge in [0, 0.05) is 19.6 Å². The fourth-order valence-corrected chi connectivity index (χ4v) is 8.01. The minimum Gasteiger partial charge on any atom is -0.393 e. The zero-order valence-electron chi connectivity index (χ0n) is 20.6. The molecule has 4 aliphatic carbocycles. The van der Waals surface area contributed by atoms with Gasteiger partial charge in [-0.05, 0) is 110 Å². The molecule has 5 nitrogen and oxygen atoms in total. The third kappa shape index (κ3) is 4.70. The Labute approximate surface area is 217 Å². The summed E-state index contributed by atoms with van der Waals surface area (Å²) < 4.78 is 14.7. The summed E-state index contributed by atoms with van der Waals surface area (Å²) in [6.45, 7) is 1.49. The Hall–Kier alpha value is -2.31. The highest BCUT2D eigenvalue weighted by atomic mass is 35.5. The smallest absolute Gasteiger partial charge is 0.319 e. The minimum atomic E-state index is -0.367. The average Bonchev–Trinajstić information content (AvgIpc) is 2.84. The van der Waals surface area contributed by atoms with Crippen molar-refractivity contribution in [3.8, 4) is 0 Å². The van der Waals surface area contributed by atoms with Gasteiger partial charge in [-0.1, -0.05) is 23.7 Å². The quantitative estimate of drug-likeness (QED) is 0.446. The number of hydrogen-bond donors (Lipinski definition) is 3. The van der Waals surface area contributed by atoms with E-state index in [2.05, 4.69) is 22.8 Å². The van der Waals surface area contributed by atoms with Gasteiger partial charge in [0.25, 0.3) is 0 Å². The highest BCUT2D eigenvalue weighted by Crippen LogP contribution is 2.61. The van der Waals surface area contributed by atoms with Crippen LogP contribution in [0.2, 0.25) is 5.02 Å². The minimum absolute atomic E-state index is 0.213. The summed E-state index contributed by atoms with van der Waals surface area (Å²) in [7, 11) is 0. The van der Waals surface area contributed by atoms with E-state index >= 15 is 0 Å². The molecule has 5 aliphatic rings. The standard InChI is InChI=1S/C29H35ClFN3O2/c30-24-13-22(29-14-19-9-20(15-29)11-21(10-19)16-29)2-3-26(24)33-28(36)32-17-18-1-4-27(25(31)12-18)34-7-5-23(35)6-8-34/h1-4,12-13,19-21,23,35H,5-11,14-17H2,(H2,32,33,36). The number of piperidine rings is 1. The molecule has 192 valence electrons. The third-order valence-corrected chi connectivity index (χ3v) is 9.45. The number of halogens is 2. The topological polar surface area (TPSA) is 64.6 Å². The number of nitrogens with one attached hydrogen (secondary N) is 2. The Kier molecular flexibility index (Phi) is 6.37. The molecule has 5 fully saturated rings. The lowest BCUT2D eigenvalue weighted by molar-refractivity contribution is -0.00517. The Balaban J connectivity index is 1.06. The number of hydrogen-bond acceptors (Lipinski definition) is 3. The molecule has 2 amide bonds. The first-order chi connectivity index (χ1) is 17.4. The summed E-state index contributed by atoms with van der Waals surface area (Å²) in [5.74, 6) is 2.29. The van der Waals surface area contributed by atoms with E-state index in [1.165, 1.54) is 50.2 Å². The Morgan fingerprint density at radius 1 is 1.03 bits per heavy atom. The molecule has 2 aromatic rings. The lowest BCUT2D eigenvalue weighted by Gasteiger charge is -2.57. The second-order valence-electron chi connectivity index (χ2n) is 11.7. The van der Waals surface area contributed by atoms with Gasteiger partial charge in [0.1, 0.15) is 5.82 Å². The van der Waals surface area contributed by atoms with Gasteiger partial charge >= 0.3 is 6.03 Å². The van der Waals surface area contributed by atoms with Crippen LogP contribution in [0, 0.1) is 23.6 Å². The van der Waals surface area contributed by atoms with Crippen LogP contribution in [0.4, 0.5) is 20.6 Å². The maximum absolute atomic E-state index is 14.7. The lowest BCUT2D eigenvalue weighted by Crippen LogP contribution is -2.48. The predicted octanol–water partition coefficient (Wildman–Crippen LogP) is 6.23. The molecule has 7 heteroatoms. The molecular formula is C29H35ClFN3O2. The molecule has 0 radical (unpaired) electrons. The number of nitrogens with zero attached hydrogens (tertiary/aromatic N) is 1. The molecule has 1 saturated heterocycles. The maximum atomic E-state index is 14.7. The molecule has 7 rings (SSSR count). The first-order valence-electron chi connectivity index (χ1n) is 13.4. The van der Waals surface area contributed by atoms with Gasteiger partial charge in [0.2, 0.25) is 0 Å². The van der Waals surface area contributed by atoms with Crippen molar-refractivity contribution in [1.82, 2.24) is 5.32 Å². The van der Waals surface area contributed by atoms with Crippen molar-refractivity contribution in [1.29, 1.82) is 0 Å². The molecule has 4 saturated carbocycles. The molecule has 0 atom stereocenters. The van der Waals surface area contributed by atoms with E-state index in [9.17, 15) is 14.3 Å². The molecule has 0 unspecified atom stereocenters. The zero-order valence-corrected chi connectivity index (χ0v) is 21.4. The summed E-state index contributed by atoms with van der Waals surface area (Å²) in [5.41, 5.74) is 3.42. The summed E-state index contributed by atoms with van der Waals surface area (Å²) in [5, 5.41) is 15.9. The van der Waals surface area contributed by atoms with Crippen LogP contribution < -0.4 is 15.5 Å². The maximum Gasteiger partial charge on any atom is 0.319 e. The van der Waals surface area contributed by atoms with Crippen LogP contribution in [-0.2, 0) is 12.0 Å². The number of carbonyl (C=O) groups excluding carboxylic acids is 1. The molecule has 3 N–H and O–H groups in total. The van der Waals surface area contributed by atoms with E-state index in [1.807, 2.05) is 17.0 Å². The van der Waals surface area contributed by atoms with Gasteiger partial charge in [-0.25, -0.2) is 9.18 Å². The van der Waals surface area contributed by atoms with Gasteiger partial charge in [-0.3, -0.25) is 0 Å². The Morgan fingerprint density at radius 2 is 1.69 bits per heavy atom. The van der Waals surface area contributed by atoms with Crippen LogP contribution in [0.3, 0.4) is 0 Å². The summed E-state index contributed by atoms with van der Waals surface area (Å²) >= 11 is 6.64. The second kappa shape index (κ2) is 9.53. The molecule has 36 heavy (non-hydrogen) atoms. The number of urea groups is 1. The fourth-order valence-electron chi connectivity index (χ4n) is 7.78. The highest BCUT2D eigenvalue weighted by molar-refractivity contribution is 6.33. The van der Waals surface area contributed by atoms with Crippen molar-refractivity contribution in [3.63, 3.8) is 0 Å². The fraction of sp³-hybridized carbons (Fsp3) is 0.552. The van der Waals surface area contributed by atoms with Gasteiger partial charge in [0.15, 0.2) is 0 Å². The molecule has 4 bridgehead atoms. The molecule has 2 aromatic carbocycles. The van der Waals surface area contributed by atoms with Crippen molar-refractivity contribution in [2.75, 3.05) is 23.3 Å². The van der Waals surface area contributed by atoms with E-state index in [4.69, 9.17) is 11.6 Å². The number of carbonyl (C=O) groups is 1. The average molecular weight is 512 g/mol.